The number of hydrogen-bond donors (Lipinski definition) is 2. The van der Waals surface area contributed by atoms with Crippen molar-refractivity contribution in [2.75, 3.05) is 0 Å². The maximum absolute atomic E-state index is 14.0. The molecule has 3 aliphatic carbocycles. The summed E-state index contributed by atoms with van der Waals surface area (Å²) in [5.41, 5.74) is 2.90. The number of aromatic nitrogens is 4. The summed E-state index contributed by atoms with van der Waals surface area (Å²) in [4.78, 5) is 34.7. The quantitative estimate of drug-likeness (QED) is 0.268. The van der Waals surface area contributed by atoms with Gasteiger partial charge in [-0.2, -0.15) is 18.3 Å². The van der Waals surface area contributed by atoms with Crippen LogP contribution in [0.25, 0.3) is 5.65 Å². The summed E-state index contributed by atoms with van der Waals surface area (Å²) >= 11 is 0. The Bertz CT molecular complexity index is 1490. The van der Waals surface area contributed by atoms with E-state index in [9.17, 15) is 31.5 Å². The second-order valence-corrected chi connectivity index (χ2v) is 12.2. The Balaban J connectivity index is 1.24. The Hall–Kier alpha value is -3.64. The van der Waals surface area contributed by atoms with Crippen molar-refractivity contribution in [2.45, 2.75) is 94.3 Å². The summed E-state index contributed by atoms with van der Waals surface area (Å²) in [6.45, 7) is 0. The van der Waals surface area contributed by atoms with Gasteiger partial charge in [0.15, 0.2) is 5.65 Å². The second kappa shape index (κ2) is 11.5. The zero-order valence-corrected chi connectivity index (χ0v) is 23.4. The van der Waals surface area contributed by atoms with E-state index in [0.29, 0.717) is 28.4 Å². The van der Waals surface area contributed by atoms with Gasteiger partial charge in [-0.25, -0.2) is 18.3 Å². The van der Waals surface area contributed by atoms with Crippen LogP contribution < -0.4 is 10.6 Å². The van der Waals surface area contributed by atoms with Gasteiger partial charge in [0.25, 0.3) is 5.91 Å². The predicted octanol–water partition coefficient (Wildman–Crippen LogP) is 6.21. The predicted molar refractivity (Wildman–Crippen MR) is 145 cm³/mol. The Morgan fingerprint density at radius 1 is 0.953 bits per heavy atom. The molecule has 1 unspecified atom stereocenters. The molecule has 3 aliphatic rings. The minimum Gasteiger partial charge on any atom is -0.349 e. The largest absolute Gasteiger partial charge is 0.389 e. The molecule has 0 saturated heterocycles. The molecule has 8 nitrogen and oxygen atoms in total. The van der Waals surface area contributed by atoms with Crippen LogP contribution in [0.2, 0.25) is 0 Å². The minimum absolute atomic E-state index is 0.0875. The van der Waals surface area contributed by atoms with Crippen molar-refractivity contribution in [1.29, 1.82) is 0 Å². The van der Waals surface area contributed by atoms with Crippen LogP contribution in [-0.4, -0.2) is 43.5 Å². The van der Waals surface area contributed by atoms with Gasteiger partial charge in [-0.05, 0) is 79.5 Å². The molecular weight excluding hydrogens is 571 g/mol. The molecule has 230 valence electrons. The van der Waals surface area contributed by atoms with Gasteiger partial charge in [0.05, 0.1) is 42.2 Å². The summed E-state index contributed by atoms with van der Waals surface area (Å²) in [6.07, 6.45) is 3.80. The number of pyridine rings is 1. The molecule has 0 radical (unpaired) electrons. The molecule has 2 atom stereocenters. The van der Waals surface area contributed by atoms with Gasteiger partial charge in [-0.3, -0.25) is 14.6 Å². The number of alkyl halides is 5. The van der Waals surface area contributed by atoms with E-state index in [4.69, 9.17) is 4.98 Å². The summed E-state index contributed by atoms with van der Waals surface area (Å²) in [5, 5.41) is 10.2. The van der Waals surface area contributed by atoms with Gasteiger partial charge in [-0.15, -0.1) is 0 Å². The van der Waals surface area contributed by atoms with Gasteiger partial charge >= 0.3 is 6.18 Å². The van der Waals surface area contributed by atoms with Crippen LogP contribution in [-0.2, 0) is 4.79 Å². The number of halogens is 5. The molecule has 0 aromatic carbocycles. The lowest BCUT2D eigenvalue weighted by atomic mass is 9.81. The molecule has 2 N–H and O–H groups in total. The van der Waals surface area contributed by atoms with Crippen LogP contribution in [0, 0.1) is 11.8 Å². The van der Waals surface area contributed by atoms with E-state index in [1.54, 1.807) is 24.7 Å². The Morgan fingerprint density at radius 2 is 1.67 bits per heavy atom. The van der Waals surface area contributed by atoms with Crippen molar-refractivity contribution in [2.24, 2.45) is 11.8 Å². The van der Waals surface area contributed by atoms with Crippen LogP contribution in [0.15, 0.2) is 36.9 Å². The van der Waals surface area contributed by atoms with Crippen molar-refractivity contribution in [3.05, 3.63) is 59.3 Å². The molecule has 3 fully saturated rings. The first-order valence-corrected chi connectivity index (χ1v) is 14.8. The van der Waals surface area contributed by atoms with Crippen molar-refractivity contribution >= 4 is 17.5 Å². The fourth-order valence-electron chi connectivity index (χ4n) is 5.91. The van der Waals surface area contributed by atoms with Gasteiger partial charge in [0, 0.05) is 31.7 Å². The van der Waals surface area contributed by atoms with E-state index in [1.807, 2.05) is 6.07 Å². The molecule has 3 heterocycles. The molecule has 0 bridgehead atoms. The van der Waals surface area contributed by atoms with Crippen molar-refractivity contribution in [3.8, 4) is 0 Å². The fourth-order valence-corrected chi connectivity index (χ4v) is 5.91. The molecule has 0 spiro atoms. The highest BCUT2D eigenvalue weighted by Crippen LogP contribution is 2.43. The van der Waals surface area contributed by atoms with E-state index in [2.05, 4.69) is 20.7 Å². The lowest BCUT2D eigenvalue weighted by molar-refractivity contribution is -0.144. The Labute approximate surface area is 244 Å². The monoisotopic (exact) mass is 604 g/mol. The zero-order chi connectivity index (χ0) is 30.4. The third-order valence-corrected chi connectivity index (χ3v) is 8.67. The highest BCUT2D eigenvalue weighted by atomic mass is 19.4. The Morgan fingerprint density at radius 3 is 2.35 bits per heavy atom. The van der Waals surface area contributed by atoms with Crippen LogP contribution in [0.3, 0.4) is 0 Å². The number of fused-ring (bicyclic) bond motifs is 1. The van der Waals surface area contributed by atoms with Crippen molar-refractivity contribution < 1.29 is 31.5 Å². The molecule has 3 aromatic heterocycles. The maximum atomic E-state index is 14.0. The number of amides is 2. The number of carbonyl (C=O) groups is 2. The molecule has 43 heavy (non-hydrogen) atoms. The number of carbonyl (C=O) groups excluding carboxylic acids is 2. The van der Waals surface area contributed by atoms with Gasteiger partial charge < -0.3 is 10.6 Å². The topological polar surface area (TPSA) is 101 Å². The van der Waals surface area contributed by atoms with E-state index in [0.717, 1.165) is 31.2 Å². The second-order valence-electron chi connectivity index (χ2n) is 12.2. The van der Waals surface area contributed by atoms with Gasteiger partial charge in [0.2, 0.25) is 11.8 Å². The molecule has 3 aromatic rings. The minimum atomic E-state index is -4.42. The first-order valence-electron chi connectivity index (χ1n) is 14.8. The summed E-state index contributed by atoms with van der Waals surface area (Å²) in [7, 11) is 0. The van der Waals surface area contributed by atoms with Crippen LogP contribution in [0.4, 0.5) is 22.0 Å². The molecule has 2 amide bonds. The first-order chi connectivity index (χ1) is 20.4. The van der Waals surface area contributed by atoms with Crippen LogP contribution >= 0.6 is 0 Å². The average Bonchev–Trinajstić information content (AvgIpc) is 3.90. The van der Waals surface area contributed by atoms with Crippen molar-refractivity contribution in [3.63, 3.8) is 0 Å². The van der Waals surface area contributed by atoms with E-state index < -0.39 is 42.9 Å². The van der Waals surface area contributed by atoms with Crippen LogP contribution in [0.1, 0.15) is 109 Å². The lowest BCUT2D eigenvalue weighted by Gasteiger charge is -2.33. The summed E-state index contributed by atoms with van der Waals surface area (Å²) < 4.78 is 67.5. The standard InChI is InChI=1S/C30H33F5N6O2/c31-29(32)8-5-19(6-9-29)27(40-28(43)22-11-20(13-36-14-22)17-1-2-17)23-16-41-24(38-23)12-21(15-37-41)26(18-3-4-18)39-25(42)7-10-30(33,34)35/h11-19,26-27H,1-10H2,(H,39,42)(H,40,43)/t26?,27-/m0/s1. The SMILES string of the molecule is O=C(CCC(F)(F)F)NC(c1cnn2cc([C@@H](NC(=O)c3cncc(C4CC4)c3)C3CCC(F)(F)CC3)nc2c1)C1CC1. The summed E-state index contributed by atoms with van der Waals surface area (Å²) in [6, 6.07) is 2.39. The first kappa shape index (κ1) is 29.4. The smallest absolute Gasteiger partial charge is 0.349 e. The number of imidazole rings is 1. The van der Waals surface area contributed by atoms with Crippen LogP contribution in [0.5, 0.6) is 0 Å². The zero-order valence-electron chi connectivity index (χ0n) is 23.4. The average molecular weight is 605 g/mol. The third-order valence-electron chi connectivity index (χ3n) is 8.67. The molecule has 13 heteroatoms. The number of nitrogens with one attached hydrogen (secondary N) is 2. The highest BCUT2D eigenvalue weighted by molar-refractivity contribution is 5.94. The molecule has 6 rings (SSSR count). The van der Waals surface area contributed by atoms with Gasteiger partial charge in [-0.1, -0.05) is 0 Å². The fraction of sp³-hybridized carbons (Fsp3) is 0.567. The summed E-state index contributed by atoms with van der Waals surface area (Å²) in [5.74, 6) is -3.58. The number of nitrogens with zero attached hydrogens (tertiary/aromatic N) is 4. The maximum Gasteiger partial charge on any atom is 0.389 e. The lowest BCUT2D eigenvalue weighted by Crippen LogP contribution is -2.37. The van der Waals surface area contributed by atoms with E-state index >= 15 is 0 Å². The Kier molecular flexibility index (Phi) is 7.84. The molecule has 0 aliphatic heterocycles. The molecule has 3 saturated carbocycles. The van der Waals surface area contributed by atoms with E-state index in [-0.39, 0.29) is 43.4 Å². The van der Waals surface area contributed by atoms with Gasteiger partial charge in [0.1, 0.15) is 0 Å². The highest BCUT2D eigenvalue weighted by Gasteiger charge is 2.40. The number of rotatable bonds is 10. The normalized spacial score (nSPS) is 20.5. The van der Waals surface area contributed by atoms with E-state index in [1.165, 1.54) is 10.7 Å². The third kappa shape index (κ3) is 7.30. The number of hydrogen-bond acceptors (Lipinski definition) is 5. The van der Waals surface area contributed by atoms with Crippen molar-refractivity contribution in [1.82, 2.24) is 30.2 Å². The molecular formula is C30H33F5N6O2.